The number of aliphatic imine (C=N–C) groups is 1. The molecule has 0 bridgehead atoms. The van der Waals surface area contributed by atoms with E-state index in [1.165, 1.54) is 12.1 Å². The van der Waals surface area contributed by atoms with Gasteiger partial charge in [-0.2, -0.15) is 0 Å². The van der Waals surface area contributed by atoms with E-state index in [4.69, 9.17) is 9.77 Å². The molecule has 12 heteroatoms. The van der Waals surface area contributed by atoms with E-state index in [1.54, 1.807) is 13.1 Å². The van der Waals surface area contributed by atoms with Gasteiger partial charge in [0.25, 0.3) is 0 Å². The van der Waals surface area contributed by atoms with Crippen molar-refractivity contribution in [2.75, 3.05) is 30.0 Å². The van der Waals surface area contributed by atoms with Crippen LogP contribution in [-0.2, 0) is 10.0 Å². The summed E-state index contributed by atoms with van der Waals surface area (Å²) in [6.45, 7) is 0.302. The summed E-state index contributed by atoms with van der Waals surface area (Å²) in [6.07, 6.45) is 0.294. The Hall–Kier alpha value is -2.05. The van der Waals surface area contributed by atoms with Gasteiger partial charge in [-0.25, -0.2) is 22.6 Å². The highest BCUT2D eigenvalue weighted by molar-refractivity contribution is 9.10. The van der Waals surface area contributed by atoms with E-state index in [9.17, 15) is 12.8 Å². The second-order valence-corrected chi connectivity index (χ2v) is 7.52. The van der Waals surface area contributed by atoms with Gasteiger partial charge in [0.05, 0.1) is 10.2 Å². The Morgan fingerprint density at radius 1 is 1.44 bits per heavy atom. The summed E-state index contributed by atoms with van der Waals surface area (Å²) in [4.78, 5) is 4.08. The highest BCUT2D eigenvalue weighted by Crippen LogP contribution is 2.21. The molecule has 0 unspecified atom stereocenters. The highest BCUT2D eigenvalue weighted by Gasteiger charge is 2.16. The Balaban J connectivity index is 2.06. The van der Waals surface area contributed by atoms with Gasteiger partial charge in [-0.05, 0) is 50.9 Å². The van der Waals surface area contributed by atoms with Crippen LogP contribution in [0.5, 0.6) is 0 Å². The van der Waals surface area contributed by atoms with Crippen molar-refractivity contribution in [1.29, 1.82) is 0 Å². The van der Waals surface area contributed by atoms with E-state index < -0.39 is 10.0 Å². The standard InChI is InChI=1S/C13H16BrFN6O3S/c1-17-12(19-8-3-4-10(15)9(14)7-8)11-13(21-24-20-11)18-5-2-6-25(16,22)23/h3-4,7H,2,5-6H2,1H3,(H,17,19)(H,18,21)(H2,16,22,23). The first-order valence-corrected chi connectivity index (χ1v) is 9.57. The third kappa shape index (κ3) is 5.76. The lowest BCUT2D eigenvalue weighted by Crippen LogP contribution is -2.20. The molecular weight excluding hydrogens is 419 g/mol. The number of amidine groups is 1. The molecular formula is C13H16BrFN6O3S. The first-order chi connectivity index (χ1) is 11.8. The SMILES string of the molecule is CN=C(Nc1ccc(F)c(Br)c1)c1nonc1NCCCS(N)(=O)=O. The molecule has 0 spiro atoms. The number of aromatic nitrogens is 2. The maximum absolute atomic E-state index is 13.3. The van der Waals surface area contributed by atoms with Gasteiger partial charge in [0.15, 0.2) is 11.5 Å². The van der Waals surface area contributed by atoms with Crippen LogP contribution in [-0.4, -0.2) is 43.9 Å². The zero-order chi connectivity index (χ0) is 18.4. The van der Waals surface area contributed by atoms with E-state index in [0.29, 0.717) is 40.5 Å². The molecule has 2 aromatic rings. The quantitative estimate of drug-likeness (QED) is 0.341. The van der Waals surface area contributed by atoms with Crippen molar-refractivity contribution in [3.63, 3.8) is 0 Å². The molecule has 25 heavy (non-hydrogen) atoms. The Morgan fingerprint density at radius 2 is 2.20 bits per heavy atom. The fourth-order valence-electron chi connectivity index (χ4n) is 1.87. The van der Waals surface area contributed by atoms with Gasteiger partial charge >= 0.3 is 0 Å². The van der Waals surface area contributed by atoms with E-state index in [-0.39, 0.29) is 11.6 Å². The van der Waals surface area contributed by atoms with Gasteiger partial charge in [0, 0.05) is 19.3 Å². The second kappa shape index (κ2) is 8.36. The highest BCUT2D eigenvalue weighted by atomic mass is 79.9. The molecule has 9 nitrogen and oxygen atoms in total. The van der Waals surface area contributed by atoms with Crippen LogP contribution in [0, 0.1) is 5.82 Å². The molecule has 0 amide bonds. The Bertz CT molecular complexity index is 870. The fraction of sp³-hybridized carbons (Fsp3) is 0.308. The van der Waals surface area contributed by atoms with Crippen molar-refractivity contribution >= 4 is 43.3 Å². The van der Waals surface area contributed by atoms with Crippen molar-refractivity contribution < 1.29 is 17.4 Å². The molecule has 4 N–H and O–H groups in total. The summed E-state index contributed by atoms with van der Waals surface area (Å²) in [6, 6.07) is 4.39. The van der Waals surface area contributed by atoms with Crippen molar-refractivity contribution in [2.24, 2.45) is 10.1 Å². The summed E-state index contributed by atoms with van der Waals surface area (Å²) in [5.74, 6) is 0.0928. The average molecular weight is 435 g/mol. The third-order valence-corrected chi connectivity index (χ3v) is 4.48. The summed E-state index contributed by atoms with van der Waals surface area (Å²) >= 11 is 3.11. The summed E-state index contributed by atoms with van der Waals surface area (Å²) in [5.41, 5.74) is 0.885. The van der Waals surface area contributed by atoms with E-state index >= 15 is 0 Å². The topological polar surface area (TPSA) is 136 Å². The molecule has 0 atom stereocenters. The van der Waals surface area contributed by atoms with E-state index in [0.717, 1.165) is 0 Å². The van der Waals surface area contributed by atoms with Crippen molar-refractivity contribution in [3.8, 4) is 0 Å². The Morgan fingerprint density at radius 3 is 2.84 bits per heavy atom. The zero-order valence-electron chi connectivity index (χ0n) is 13.2. The molecule has 1 aromatic heterocycles. The number of hydrogen-bond donors (Lipinski definition) is 3. The lowest BCUT2D eigenvalue weighted by Gasteiger charge is -2.09. The molecule has 1 aromatic carbocycles. The average Bonchev–Trinajstić information content (AvgIpc) is 3.00. The minimum Gasteiger partial charge on any atom is -0.365 e. The number of nitrogens with two attached hydrogens (primary N) is 1. The minimum atomic E-state index is -3.52. The van der Waals surface area contributed by atoms with E-state index in [2.05, 4.69) is 41.9 Å². The van der Waals surface area contributed by atoms with Crippen LogP contribution in [0.2, 0.25) is 0 Å². The first kappa shape index (κ1) is 19.3. The summed E-state index contributed by atoms with van der Waals surface area (Å²) in [5, 5.41) is 18.3. The van der Waals surface area contributed by atoms with Gasteiger partial charge < -0.3 is 10.6 Å². The molecule has 2 rings (SSSR count). The van der Waals surface area contributed by atoms with Crippen LogP contribution in [0.15, 0.2) is 32.3 Å². The predicted molar refractivity (Wildman–Crippen MR) is 95.6 cm³/mol. The molecule has 0 saturated heterocycles. The number of nitrogens with one attached hydrogen (secondary N) is 2. The normalized spacial score (nSPS) is 12.2. The number of hydrogen-bond acceptors (Lipinski definition) is 7. The molecule has 0 radical (unpaired) electrons. The fourth-order valence-corrected chi connectivity index (χ4v) is 2.80. The second-order valence-electron chi connectivity index (χ2n) is 4.93. The smallest absolute Gasteiger partial charge is 0.209 e. The van der Waals surface area contributed by atoms with Gasteiger partial charge in [0.2, 0.25) is 15.8 Å². The number of nitrogens with zero attached hydrogens (tertiary/aromatic N) is 3. The van der Waals surface area contributed by atoms with Crippen molar-refractivity contribution in [2.45, 2.75) is 6.42 Å². The summed E-state index contributed by atoms with van der Waals surface area (Å²) < 4.78 is 40.1. The monoisotopic (exact) mass is 434 g/mol. The number of sulfonamides is 1. The van der Waals surface area contributed by atoms with Crippen LogP contribution in [0.25, 0.3) is 0 Å². The number of halogens is 2. The Labute approximate surface area is 152 Å². The number of rotatable bonds is 7. The van der Waals surface area contributed by atoms with Crippen molar-refractivity contribution in [3.05, 3.63) is 34.2 Å². The van der Waals surface area contributed by atoms with Gasteiger partial charge in [-0.3, -0.25) is 4.99 Å². The van der Waals surface area contributed by atoms with Gasteiger partial charge in [-0.1, -0.05) is 0 Å². The largest absolute Gasteiger partial charge is 0.365 e. The lowest BCUT2D eigenvalue weighted by molar-refractivity contribution is 0.308. The molecule has 1 heterocycles. The van der Waals surface area contributed by atoms with Crippen LogP contribution >= 0.6 is 15.9 Å². The molecule has 0 saturated carbocycles. The lowest BCUT2D eigenvalue weighted by atomic mass is 10.3. The molecule has 0 aliphatic carbocycles. The van der Waals surface area contributed by atoms with Crippen LogP contribution < -0.4 is 15.8 Å². The number of benzene rings is 1. The zero-order valence-corrected chi connectivity index (χ0v) is 15.6. The molecule has 0 aliphatic heterocycles. The third-order valence-electron chi connectivity index (χ3n) is 3.02. The maximum atomic E-state index is 13.3. The van der Waals surface area contributed by atoms with E-state index in [1.807, 2.05) is 0 Å². The van der Waals surface area contributed by atoms with Crippen LogP contribution in [0.3, 0.4) is 0 Å². The molecule has 136 valence electrons. The van der Waals surface area contributed by atoms with Crippen LogP contribution in [0.1, 0.15) is 12.1 Å². The molecule has 0 aliphatic rings. The van der Waals surface area contributed by atoms with Gasteiger partial charge in [0.1, 0.15) is 5.82 Å². The maximum Gasteiger partial charge on any atom is 0.209 e. The van der Waals surface area contributed by atoms with Gasteiger partial charge in [-0.15, -0.1) is 0 Å². The molecule has 0 fully saturated rings. The Kier molecular flexibility index (Phi) is 6.45. The summed E-state index contributed by atoms with van der Waals surface area (Å²) in [7, 11) is -1.97. The predicted octanol–water partition coefficient (Wildman–Crippen LogP) is 1.55. The number of primary sulfonamides is 1. The van der Waals surface area contributed by atoms with Crippen molar-refractivity contribution in [1.82, 2.24) is 10.3 Å². The minimum absolute atomic E-state index is 0.156. The van der Waals surface area contributed by atoms with Crippen LogP contribution in [0.4, 0.5) is 15.9 Å². The number of anilines is 2. The first-order valence-electron chi connectivity index (χ1n) is 7.06.